The lowest BCUT2D eigenvalue weighted by atomic mass is 10.0. The molecular formula is C22H23NO6. The molecular weight excluding hydrogens is 374 g/mol. The fraction of sp³-hybridized carbons (Fsp3) is 0.318. The minimum atomic E-state index is -0.665. The Morgan fingerprint density at radius 3 is 2.59 bits per heavy atom. The fourth-order valence-corrected chi connectivity index (χ4v) is 3.20. The Hall–Kier alpha value is -3.35. The number of ketones is 1. The number of rotatable bonds is 7. The van der Waals surface area contributed by atoms with Crippen LogP contribution in [0.2, 0.25) is 0 Å². The molecule has 0 N–H and O–H groups in total. The van der Waals surface area contributed by atoms with Crippen LogP contribution in [-0.2, 0) is 20.7 Å². The summed E-state index contributed by atoms with van der Waals surface area (Å²) in [6.07, 6.45) is 1.80. The van der Waals surface area contributed by atoms with E-state index < -0.39 is 5.97 Å². The number of hydrogen-bond donors (Lipinski definition) is 0. The number of fused-ring (bicyclic) bond motifs is 1. The summed E-state index contributed by atoms with van der Waals surface area (Å²) in [5.41, 5.74) is 2.46. The predicted molar refractivity (Wildman–Crippen MR) is 107 cm³/mol. The number of carbonyl (C=O) groups is 3. The molecule has 29 heavy (non-hydrogen) atoms. The van der Waals surface area contributed by atoms with Gasteiger partial charge in [-0.05, 0) is 49.6 Å². The average molecular weight is 397 g/mol. The highest BCUT2D eigenvalue weighted by Gasteiger charge is 2.23. The lowest BCUT2D eigenvalue weighted by molar-refractivity contribution is -0.149. The number of amides is 1. The lowest BCUT2D eigenvalue weighted by Gasteiger charge is -2.29. The van der Waals surface area contributed by atoms with Crippen molar-refractivity contribution >= 4 is 23.3 Å². The fourth-order valence-electron chi connectivity index (χ4n) is 3.20. The molecule has 7 heteroatoms. The van der Waals surface area contributed by atoms with Gasteiger partial charge in [-0.15, -0.1) is 0 Å². The number of hydrogen-bond acceptors (Lipinski definition) is 6. The molecule has 0 fully saturated rings. The third kappa shape index (κ3) is 4.93. The Bertz CT molecular complexity index is 923. The third-order valence-corrected chi connectivity index (χ3v) is 4.68. The molecule has 1 aliphatic rings. The number of Topliss-reactive ketones (excluding diaryl/α,β-unsaturated/α-hetero) is 1. The van der Waals surface area contributed by atoms with E-state index in [0.717, 1.165) is 24.1 Å². The lowest BCUT2D eigenvalue weighted by Crippen LogP contribution is -2.38. The minimum Gasteiger partial charge on any atom is -0.493 e. The van der Waals surface area contributed by atoms with Crippen LogP contribution < -0.4 is 14.4 Å². The summed E-state index contributed by atoms with van der Waals surface area (Å²) >= 11 is 0. The zero-order chi connectivity index (χ0) is 20.8. The van der Waals surface area contributed by atoms with E-state index in [4.69, 9.17) is 14.2 Å². The number of ether oxygens (including phenoxy) is 3. The van der Waals surface area contributed by atoms with E-state index in [1.54, 1.807) is 23.1 Å². The monoisotopic (exact) mass is 397 g/mol. The summed E-state index contributed by atoms with van der Waals surface area (Å²) < 4.78 is 15.7. The van der Waals surface area contributed by atoms with Gasteiger partial charge in [-0.2, -0.15) is 0 Å². The number of carbonyl (C=O) groups excluding carboxylic acids is 3. The number of nitrogens with zero attached hydrogens (tertiary/aromatic N) is 1. The van der Waals surface area contributed by atoms with Gasteiger partial charge in [0.05, 0.1) is 7.11 Å². The van der Waals surface area contributed by atoms with Crippen LogP contribution in [0.1, 0.15) is 29.3 Å². The standard InChI is InChI=1S/C22H23NO6/c1-15(24)17-9-10-19(20(12-17)27-2)28-14-22(26)29-13-21(25)23-11-5-7-16-6-3-4-8-18(16)23/h3-4,6,8-10,12H,5,7,11,13-14H2,1-2H3. The van der Waals surface area contributed by atoms with Crippen LogP contribution in [0.3, 0.4) is 0 Å². The normalized spacial score (nSPS) is 12.7. The van der Waals surface area contributed by atoms with Crippen molar-refractivity contribution in [3.8, 4) is 11.5 Å². The van der Waals surface area contributed by atoms with Gasteiger partial charge < -0.3 is 19.1 Å². The second-order valence-corrected chi connectivity index (χ2v) is 6.65. The van der Waals surface area contributed by atoms with E-state index in [1.807, 2.05) is 24.3 Å². The Kier molecular flexibility index (Phi) is 6.49. The van der Waals surface area contributed by atoms with Gasteiger partial charge in [0, 0.05) is 17.8 Å². The highest BCUT2D eigenvalue weighted by Crippen LogP contribution is 2.28. The molecule has 2 aromatic carbocycles. The molecule has 1 heterocycles. The first-order valence-electron chi connectivity index (χ1n) is 9.35. The summed E-state index contributed by atoms with van der Waals surface area (Å²) in [5, 5.41) is 0. The topological polar surface area (TPSA) is 82.1 Å². The van der Waals surface area contributed by atoms with E-state index in [1.165, 1.54) is 14.0 Å². The van der Waals surface area contributed by atoms with Crippen molar-refractivity contribution in [1.29, 1.82) is 0 Å². The van der Waals surface area contributed by atoms with Crippen molar-refractivity contribution in [1.82, 2.24) is 0 Å². The molecule has 0 saturated heterocycles. The maximum atomic E-state index is 12.5. The Balaban J connectivity index is 1.53. The van der Waals surface area contributed by atoms with Crippen LogP contribution in [-0.4, -0.2) is 44.5 Å². The van der Waals surface area contributed by atoms with Crippen LogP contribution in [0, 0.1) is 0 Å². The largest absolute Gasteiger partial charge is 0.493 e. The van der Waals surface area contributed by atoms with Gasteiger partial charge in [-0.1, -0.05) is 18.2 Å². The molecule has 2 aromatic rings. The molecule has 0 atom stereocenters. The summed E-state index contributed by atoms with van der Waals surface area (Å²) in [4.78, 5) is 37.6. The number of para-hydroxylation sites is 1. The second kappa shape index (κ2) is 9.23. The first kappa shape index (κ1) is 20.4. The third-order valence-electron chi connectivity index (χ3n) is 4.68. The Labute approximate surface area is 169 Å². The molecule has 0 spiro atoms. The van der Waals surface area contributed by atoms with Crippen LogP contribution >= 0.6 is 0 Å². The molecule has 152 valence electrons. The molecule has 0 aromatic heterocycles. The Morgan fingerprint density at radius 2 is 1.83 bits per heavy atom. The molecule has 3 rings (SSSR count). The minimum absolute atomic E-state index is 0.105. The van der Waals surface area contributed by atoms with Gasteiger partial charge >= 0.3 is 5.97 Å². The van der Waals surface area contributed by atoms with Gasteiger partial charge in [0.1, 0.15) is 0 Å². The van der Waals surface area contributed by atoms with Crippen LogP contribution in [0.5, 0.6) is 11.5 Å². The van der Waals surface area contributed by atoms with Crippen molar-refractivity contribution in [2.75, 3.05) is 31.8 Å². The van der Waals surface area contributed by atoms with Gasteiger partial charge in [0.2, 0.25) is 0 Å². The first-order chi connectivity index (χ1) is 14.0. The molecule has 1 aliphatic heterocycles. The van der Waals surface area contributed by atoms with E-state index >= 15 is 0 Å². The SMILES string of the molecule is COc1cc(C(C)=O)ccc1OCC(=O)OCC(=O)N1CCCc2ccccc21. The summed E-state index contributed by atoms with van der Waals surface area (Å²) in [5.74, 6) is -0.389. The van der Waals surface area contributed by atoms with Gasteiger partial charge in [0.15, 0.2) is 30.5 Å². The number of aryl methyl sites for hydroxylation is 1. The molecule has 0 radical (unpaired) electrons. The van der Waals surface area contributed by atoms with Crippen molar-refractivity contribution < 1.29 is 28.6 Å². The van der Waals surface area contributed by atoms with E-state index in [0.29, 0.717) is 23.6 Å². The van der Waals surface area contributed by atoms with E-state index in [2.05, 4.69) is 0 Å². The quantitative estimate of drug-likeness (QED) is 0.528. The average Bonchev–Trinajstić information content (AvgIpc) is 2.75. The molecule has 0 bridgehead atoms. The van der Waals surface area contributed by atoms with Crippen LogP contribution in [0.15, 0.2) is 42.5 Å². The number of anilines is 1. The maximum absolute atomic E-state index is 12.5. The molecule has 0 unspecified atom stereocenters. The molecule has 1 amide bonds. The van der Waals surface area contributed by atoms with Gasteiger partial charge in [0.25, 0.3) is 5.91 Å². The van der Waals surface area contributed by atoms with E-state index in [9.17, 15) is 14.4 Å². The van der Waals surface area contributed by atoms with Crippen LogP contribution in [0.25, 0.3) is 0 Å². The van der Waals surface area contributed by atoms with Crippen molar-refractivity contribution in [2.45, 2.75) is 19.8 Å². The molecule has 0 saturated carbocycles. The Morgan fingerprint density at radius 1 is 1.03 bits per heavy atom. The smallest absolute Gasteiger partial charge is 0.344 e. The van der Waals surface area contributed by atoms with Gasteiger partial charge in [-0.3, -0.25) is 9.59 Å². The summed E-state index contributed by atoms with van der Waals surface area (Å²) in [7, 11) is 1.44. The number of benzene rings is 2. The van der Waals surface area contributed by atoms with Crippen LogP contribution in [0.4, 0.5) is 5.69 Å². The van der Waals surface area contributed by atoms with Crippen molar-refractivity contribution in [2.24, 2.45) is 0 Å². The zero-order valence-electron chi connectivity index (χ0n) is 16.5. The highest BCUT2D eigenvalue weighted by atomic mass is 16.6. The number of esters is 1. The van der Waals surface area contributed by atoms with Crippen molar-refractivity contribution in [3.05, 3.63) is 53.6 Å². The summed E-state index contributed by atoms with van der Waals surface area (Å²) in [6, 6.07) is 12.4. The first-order valence-corrected chi connectivity index (χ1v) is 9.35. The maximum Gasteiger partial charge on any atom is 0.344 e. The highest BCUT2D eigenvalue weighted by molar-refractivity contribution is 5.96. The van der Waals surface area contributed by atoms with Gasteiger partial charge in [-0.25, -0.2) is 4.79 Å². The molecule has 0 aliphatic carbocycles. The van der Waals surface area contributed by atoms with Crippen molar-refractivity contribution in [3.63, 3.8) is 0 Å². The zero-order valence-corrected chi connectivity index (χ0v) is 16.5. The van der Waals surface area contributed by atoms with E-state index in [-0.39, 0.29) is 24.9 Å². The molecule has 7 nitrogen and oxygen atoms in total. The summed E-state index contributed by atoms with van der Waals surface area (Å²) in [6.45, 7) is 1.32. The second-order valence-electron chi connectivity index (χ2n) is 6.65. The number of methoxy groups -OCH3 is 1. The predicted octanol–water partition coefficient (Wildman–Crippen LogP) is 2.80.